The maximum absolute atomic E-state index is 2.42. The molecule has 0 N–H and O–H groups in total. The van der Waals surface area contributed by atoms with E-state index in [2.05, 4.69) is 86.7 Å². The summed E-state index contributed by atoms with van der Waals surface area (Å²) in [6, 6.07) is 17.7. The summed E-state index contributed by atoms with van der Waals surface area (Å²) in [5, 5.41) is 0. The molecule has 0 saturated carbocycles. The van der Waals surface area contributed by atoms with E-state index in [1.54, 1.807) is 0 Å². The number of allylic oxidation sites excluding steroid dienone is 2. The van der Waals surface area contributed by atoms with Gasteiger partial charge in [-0.3, -0.25) is 0 Å². The summed E-state index contributed by atoms with van der Waals surface area (Å²) in [7, 11) is 0. The fourth-order valence-electron chi connectivity index (χ4n) is 4.28. The lowest BCUT2D eigenvalue weighted by atomic mass is 9.71. The number of rotatable bonds is 3. The Balaban J connectivity index is 1.76. The smallest absolute Gasteiger partial charge is 0.00667 e. The van der Waals surface area contributed by atoms with E-state index in [0.717, 1.165) is 0 Å². The SMILES string of the molecule is CC(C)C(C1C=Cc2ccccc21)C1C=Cc2ccccc21. The zero-order valence-corrected chi connectivity index (χ0v) is 13.2. The van der Waals surface area contributed by atoms with Crippen LogP contribution in [-0.4, -0.2) is 0 Å². The summed E-state index contributed by atoms with van der Waals surface area (Å²) >= 11 is 0. The molecular formula is C22H22. The van der Waals surface area contributed by atoms with Crippen LogP contribution in [0.15, 0.2) is 60.7 Å². The first-order valence-corrected chi connectivity index (χ1v) is 8.30. The summed E-state index contributed by atoms with van der Waals surface area (Å²) in [6.45, 7) is 4.74. The van der Waals surface area contributed by atoms with Gasteiger partial charge in [0.2, 0.25) is 0 Å². The Kier molecular flexibility index (Phi) is 3.26. The molecule has 0 spiro atoms. The van der Waals surface area contributed by atoms with E-state index in [4.69, 9.17) is 0 Å². The maximum atomic E-state index is 2.42. The minimum Gasteiger partial charge on any atom is -0.0761 e. The average molecular weight is 286 g/mol. The van der Waals surface area contributed by atoms with E-state index in [-0.39, 0.29) is 0 Å². The molecule has 0 saturated heterocycles. The number of fused-ring (bicyclic) bond motifs is 2. The van der Waals surface area contributed by atoms with Crippen LogP contribution >= 0.6 is 0 Å². The molecule has 110 valence electrons. The highest BCUT2D eigenvalue weighted by Crippen LogP contribution is 2.48. The van der Waals surface area contributed by atoms with E-state index in [0.29, 0.717) is 23.7 Å². The third-order valence-corrected chi connectivity index (χ3v) is 5.28. The fourth-order valence-corrected chi connectivity index (χ4v) is 4.28. The van der Waals surface area contributed by atoms with Crippen molar-refractivity contribution in [2.75, 3.05) is 0 Å². The molecule has 0 heterocycles. The first-order valence-electron chi connectivity index (χ1n) is 8.30. The van der Waals surface area contributed by atoms with Crippen LogP contribution in [0.1, 0.15) is 47.9 Å². The Morgan fingerprint density at radius 1 is 0.682 bits per heavy atom. The number of benzene rings is 2. The zero-order chi connectivity index (χ0) is 15.1. The van der Waals surface area contributed by atoms with Crippen molar-refractivity contribution in [1.29, 1.82) is 0 Å². The van der Waals surface area contributed by atoms with Crippen LogP contribution in [0.5, 0.6) is 0 Å². The van der Waals surface area contributed by atoms with Gasteiger partial charge in [-0.1, -0.05) is 86.7 Å². The van der Waals surface area contributed by atoms with Gasteiger partial charge in [0.05, 0.1) is 0 Å². The van der Waals surface area contributed by atoms with Gasteiger partial charge in [0.1, 0.15) is 0 Å². The topological polar surface area (TPSA) is 0 Å². The molecule has 4 rings (SSSR count). The lowest BCUT2D eigenvalue weighted by Crippen LogP contribution is -2.22. The molecule has 2 atom stereocenters. The molecule has 0 fully saturated rings. The van der Waals surface area contributed by atoms with Crippen molar-refractivity contribution in [2.24, 2.45) is 11.8 Å². The van der Waals surface area contributed by atoms with Gasteiger partial charge in [-0.2, -0.15) is 0 Å². The molecular weight excluding hydrogens is 264 g/mol. The van der Waals surface area contributed by atoms with Crippen molar-refractivity contribution in [3.63, 3.8) is 0 Å². The van der Waals surface area contributed by atoms with Crippen LogP contribution in [0, 0.1) is 11.8 Å². The molecule has 0 heteroatoms. The average Bonchev–Trinajstić information content (AvgIpc) is 3.13. The Labute approximate surface area is 133 Å². The first kappa shape index (κ1) is 13.6. The lowest BCUT2D eigenvalue weighted by molar-refractivity contribution is 0.324. The minimum absolute atomic E-state index is 0.525. The van der Waals surface area contributed by atoms with Gasteiger partial charge in [0.15, 0.2) is 0 Å². The van der Waals surface area contributed by atoms with Gasteiger partial charge < -0.3 is 0 Å². The molecule has 2 aromatic rings. The van der Waals surface area contributed by atoms with Gasteiger partial charge in [-0.25, -0.2) is 0 Å². The molecule has 0 aliphatic heterocycles. The normalized spacial score (nSPS) is 22.9. The molecule has 2 aliphatic carbocycles. The molecule has 2 aliphatic rings. The monoisotopic (exact) mass is 286 g/mol. The Hall–Kier alpha value is -2.08. The molecule has 22 heavy (non-hydrogen) atoms. The van der Waals surface area contributed by atoms with Crippen molar-refractivity contribution in [3.05, 3.63) is 82.9 Å². The van der Waals surface area contributed by atoms with Crippen molar-refractivity contribution >= 4 is 12.2 Å². The summed E-state index contributed by atoms with van der Waals surface area (Å²) in [5.41, 5.74) is 5.79. The number of hydrogen-bond donors (Lipinski definition) is 0. The second kappa shape index (κ2) is 5.28. The third kappa shape index (κ3) is 2.06. The summed E-state index contributed by atoms with van der Waals surface area (Å²) in [5.74, 6) is 2.30. The second-order valence-corrected chi connectivity index (χ2v) is 6.85. The van der Waals surface area contributed by atoms with Gasteiger partial charge in [-0.15, -0.1) is 0 Å². The molecule has 2 unspecified atom stereocenters. The second-order valence-electron chi connectivity index (χ2n) is 6.85. The highest BCUT2D eigenvalue weighted by molar-refractivity contribution is 5.65. The van der Waals surface area contributed by atoms with Gasteiger partial charge >= 0.3 is 0 Å². The molecule has 2 aromatic carbocycles. The van der Waals surface area contributed by atoms with Crippen LogP contribution in [0.25, 0.3) is 12.2 Å². The summed E-state index contributed by atoms with van der Waals surface area (Å²) in [6.07, 6.45) is 9.45. The van der Waals surface area contributed by atoms with E-state index in [9.17, 15) is 0 Å². The van der Waals surface area contributed by atoms with Crippen LogP contribution in [0.2, 0.25) is 0 Å². The Morgan fingerprint density at radius 2 is 1.14 bits per heavy atom. The van der Waals surface area contributed by atoms with Gasteiger partial charge in [0.25, 0.3) is 0 Å². The molecule has 0 amide bonds. The Morgan fingerprint density at radius 3 is 1.59 bits per heavy atom. The number of hydrogen-bond acceptors (Lipinski definition) is 0. The van der Waals surface area contributed by atoms with Crippen molar-refractivity contribution in [2.45, 2.75) is 25.7 Å². The van der Waals surface area contributed by atoms with E-state index in [1.165, 1.54) is 22.3 Å². The summed E-state index contributed by atoms with van der Waals surface area (Å²) < 4.78 is 0. The van der Waals surface area contributed by atoms with E-state index < -0.39 is 0 Å². The van der Waals surface area contributed by atoms with E-state index in [1.807, 2.05) is 0 Å². The zero-order valence-electron chi connectivity index (χ0n) is 13.2. The van der Waals surface area contributed by atoms with Crippen LogP contribution in [0.4, 0.5) is 0 Å². The van der Waals surface area contributed by atoms with Crippen LogP contribution < -0.4 is 0 Å². The van der Waals surface area contributed by atoms with Crippen LogP contribution in [0.3, 0.4) is 0 Å². The quantitative estimate of drug-likeness (QED) is 0.661. The third-order valence-electron chi connectivity index (χ3n) is 5.28. The maximum Gasteiger partial charge on any atom is 0.00667 e. The molecule has 0 radical (unpaired) electrons. The van der Waals surface area contributed by atoms with Gasteiger partial charge in [-0.05, 0) is 34.1 Å². The largest absolute Gasteiger partial charge is 0.0761 e. The lowest BCUT2D eigenvalue weighted by Gasteiger charge is -2.32. The molecule has 0 nitrogen and oxygen atoms in total. The van der Waals surface area contributed by atoms with Crippen molar-refractivity contribution in [3.8, 4) is 0 Å². The molecule has 0 aromatic heterocycles. The fraction of sp³-hybridized carbons (Fsp3) is 0.273. The van der Waals surface area contributed by atoms with Crippen LogP contribution in [-0.2, 0) is 0 Å². The highest BCUT2D eigenvalue weighted by atomic mass is 14.4. The standard InChI is InChI=1S/C22H22/c1-15(2)22(20-13-11-16-7-3-5-9-18(16)20)21-14-12-17-8-4-6-10-19(17)21/h3-15,20-22H,1-2H3. The molecule has 0 bridgehead atoms. The van der Waals surface area contributed by atoms with Crippen molar-refractivity contribution < 1.29 is 0 Å². The summed E-state index contributed by atoms with van der Waals surface area (Å²) in [4.78, 5) is 0. The predicted octanol–water partition coefficient (Wildman–Crippen LogP) is 5.88. The predicted molar refractivity (Wildman–Crippen MR) is 94.8 cm³/mol. The van der Waals surface area contributed by atoms with Crippen molar-refractivity contribution in [1.82, 2.24) is 0 Å². The first-order chi connectivity index (χ1) is 10.8. The van der Waals surface area contributed by atoms with Gasteiger partial charge in [0, 0.05) is 11.8 Å². The Bertz CT molecular complexity index is 687. The van der Waals surface area contributed by atoms with E-state index >= 15 is 0 Å². The minimum atomic E-state index is 0.525. The highest BCUT2D eigenvalue weighted by Gasteiger charge is 2.35.